The van der Waals surface area contributed by atoms with E-state index in [9.17, 15) is 5.11 Å². The van der Waals surface area contributed by atoms with E-state index < -0.39 is 5.60 Å². The summed E-state index contributed by atoms with van der Waals surface area (Å²) in [5.41, 5.74) is -0.0282. The number of para-hydroxylation sites is 1. The van der Waals surface area contributed by atoms with Crippen LogP contribution in [0.5, 0.6) is 5.75 Å². The van der Waals surface area contributed by atoms with Crippen LogP contribution in [-0.4, -0.2) is 12.2 Å². The molecule has 0 fully saturated rings. The molecule has 1 aromatic rings. The van der Waals surface area contributed by atoms with Crippen LogP contribution in [-0.2, 0) is 5.60 Å². The average Bonchev–Trinajstić information content (AvgIpc) is 2.03. The predicted molar refractivity (Wildman–Crippen MR) is 48.2 cm³/mol. The molecule has 0 radical (unpaired) electrons. The van der Waals surface area contributed by atoms with Gasteiger partial charge in [-0.1, -0.05) is 18.2 Å². The van der Waals surface area contributed by atoms with Crippen molar-refractivity contribution in [3.8, 4) is 5.75 Å². The van der Waals surface area contributed by atoms with Gasteiger partial charge in [0.05, 0.1) is 12.7 Å². The molecule has 0 bridgehead atoms. The van der Waals surface area contributed by atoms with E-state index in [0.717, 1.165) is 11.3 Å². The van der Waals surface area contributed by atoms with Gasteiger partial charge in [0.2, 0.25) is 0 Å². The molecule has 0 aromatic heterocycles. The molecular weight excluding hydrogens is 152 g/mol. The quantitative estimate of drug-likeness (QED) is 0.727. The van der Waals surface area contributed by atoms with Gasteiger partial charge in [-0.3, -0.25) is 0 Å². The maximum absolute atomic E-state index is 9.72. The molecule has 66 valence electrons. The normalized spacial score (nSPS) is 11.3. The third kappa shape index (κ3) is 1.77. The third-order valence-electron chi connectivity index (χ3n) is 1.77. The van der Waals surface area contributed by atoms with Crippen molar-refractivity contribution in [3.05, 3.63) is 29.8 Å². The fraction of sp³-hybridized carbons (Fsp3) is 0.400. The first-order valence-corrected chi connectivity index (χ1v) is 3.91. The summed E-state index contributed by atoms with van der Waals surface area (Å²) < 4.78 is 5.11. The third-order valence-corrected chi connectivity index (χ3v) is 1.77. The van der Waals surface area contributed by atoms with E-state index >= 15 is 0 Å². The van der Waals surface area contributed by atoms with E-state index in [1.807, 2.05) is 24.3 Å². The van der Waals surface area contributed by atoms with E-state index in [1.54, 1.807) is 21.0 Å². The van der Waals surface area contributed by atoms with Crippen LogP contribution in [0, 0.1) is 0 Å². The van der Waals surface area contributed by atoms with E-state index in [4.69, 9.17) is 4.74 Å². The molecule has 12 heavy (non-hydrogen) atoms. The second kappa shape index (κ2) is 3.15. The maximum atomic E-state index is 9.72. The summed E-state index contributed by atoms with van der Waals surface area (Å²) in [6, 6.07) is 7.47. The van der Waals surface area contributed by atoms with E-state index in [2.05, 4.69) is 0 Å². The van der Waals surface area contributed by atoms with Gasteiger partial charge in [0, 0.05) is 5.56 Å². The maximum Gasteiger partial charge on any atom is 0.124 e. The molecule has 1 rings (SSSR count). The van der Waals surface area contributed by atoms with Gasteiger partial charge >= 0.3 is 0 Å². The molecule has 0 saturated carbocycles. The number of aliphatic hydroxyl groups is 1. The molecule has 0 aliphatic heterocycles. The highest BCUT2D eigenvalue weighted by Gasteiger charge is 2.19. The average molecular weight is 166 g/mol. The van der Waals surface area contributed by atoms with Gasteiger partial charge in [-0.15, -0.1) is 0 Å². The Kier molecular flexibility index (Phi) is 2.38. The Morgan fingerprint density at radius 1 is 1.25 bits per heavy atom. The summed E-state index contributed by atoms with van der Waals surface area (Å²) in [6.07, 6.45) is 0. The van der Waals surface area contributed by atoms with Crippen molar-refractivity contribution in [3.63, 3.8) is 0 Å². The zero-order chi connectivity index (χ0) is 9.19. The van der Waals surface area contributed by atoms with Crippen LogP contribution < -0.4 is 4.74 Å². The first-order chi connectivity index (χ1) is 5.55. The fourth-order valence-corrected chi connectivity index (χ4v) is 1.15. The van der Waals surface area contributed by atoms with Crippen molar-refractivity contribution >= 4 is 0 Å². The molecule has 1 N–H and O–H groups in total. The molecule has 0 saturated heterocycles. The molecule has 0 heterocycles. The lowest BCUT2D eigenvalue weighted by Gasteiger charge is -2.20. The monoisotopic (exact) mass is 166 g/mol. The first kappa shape index (κ1) is 9.07. The van der Waals surface area contributed by atoms with Gasteiger partial charge in [0.15, 0.2) is 0 Å². The van der Waals surface area contributed by atoms with Gasteiger partial charge in [-0.25, -0.2) is 0 Å². The van der Waals surface area contributed by atoms with Crippen molar-refractivity contribution in [2.24, 2.45) is 0 Å². The lowest BCUT2D eigenvalue weighted by molar-refractivity contribution is 0.0756. The SMILES string of the molecule is COc1ccccc1C(C)(C)O. The Hall–Kier alpha value is -1.02. The highest BCUT2D eigenvalue weighted by molar-refractivity contribution is 5.36. The standard InChI is InChI=1S/C10H14O2/c1-10(2,11)8-6-4-5-7-9(8)12-3/h4-7,11H,1-3H3. The van der Waals surface area contributed by atoms with E-state index in [1.165, 1.54) is 0 Å². The van der Waals surface area contributed by atoms with Crippen LogP contribution in [0.25, 0.3) is 0 Å². The minimum absolute atomic E-state index is 0.727. The number of ether oxygens (including phenoxy) is 1. The Bertz CT molecular complexity index is 261. The first-order valence-electron chi connectivity index (χ1n) is 3.91. The minimum Gasteiger partial charge on any atom is -0.496 e. The number of hydrogen-bond donors (Lipinski definition) is 1. The van der Waals surface area contributed by atoms with Crippen LogP contribution >= 0.6 is 0 Å². The molecule has 0 aliphatic carbocycles. The second-order valence-corrected chi connectivity index (χ2v) is 3.26. The smallest absolute Gasteiger partial charge is 0.124 e. The molecule has 0 aliphatic rings. The van der Waals surface area contributed by atoms with Gasteiger partial charge in [0.25, 0.3) is 0 Å². The van der Waals surface area contributed by atoms with Gasteiger partial charge < -0.3 is 9.84 Å². The Labute approximate surface area is 72.8 Å². The van der Waals surface area contributed by atoms with Crippen LogP contribution in [0.15, 0.2) is 24.3 Å². The summed E-state index contributed by atoms with van der Waals surface area (Å²) in [6.45, 7) is 3.48. The number of methoxy groups -OCH3 is 1. The van der Waals surface area contributed by atoms with Crippen LogP contribution in [0.1, 0.15) is 19.4 Å². The largest absolute Gasteiger partial charge is 0.496 e. The Morgan fingerprint density at radius 3 is 2.25 bits per heavy atom. The fourth-order valence-electron chi connectivity index (χ4n) is 1.15. The molecule has 0 spiro atoms. The van der Waals surface area contributed by atoms with Crippen LogP contribution in [0.2, 0.25) is 0 Å². The number of hydrogen-bond acceptors (Lipinski definition) is 2. The van der Waals surface area contributed by atoms with Gasteiger partial charge in [-0.05, 0) is 19.9 Å². The molecule has 2 heteroatoms. The summed E-state index contributed by atoms with van der Waals surface area (Å²) in [5.74, 6) is 0.727. The van der Waals surface area contributed by atoms with Crippen molar-refractivity contribution in [2.75, 3.05) is 7.11 Å². The van der Waals surface area contributed by atoms with Crippen LogP contribution in [0.3, 0.4) is 0 Å². The zero-order valence-corrected chi connectivity index (χ0v) is 7.66. The highest BCUT2D eigenvalue weighted by atomic mass is 16.5. The van der Waals surface area contributed by atoms with Gasteiger partial charge in [0.1, 0.15) is 5.75 Å². The number of benzene rings is 1. The topological polar surface area (TPSA) is 29.5 Å². The molecule has 0 unspecified atom stereocenters. The number of rotatable bonds is 2. The summed E-state index contributed by atoms with van der Waals surface area (Å²) >= 11 is 0. The van der Waals surface area contributed by atoms with E-state index in [-0.39, 0.29) is 0 Å². The summed E-state index contributed by atoms with van der Waals surface area (Å²) in [4.78, 5) is 0. The van der Waals surface area contributed by atoms with E-state index in [0.29, 0.717) is 0 Å². The lowest BCUT2D eigenvalue weighted by Crippen LogP contribution is -2.16. The second-order valence-electron chi connectivity index (χ2n) is 3.26. The Balaban J connectivity index is 3.14. The summed E-state index contributed by atoms with van der Waals surface area (Å²) in [5, 5.41) is 9.72. The molecule has 1 aromatic carbocycles. The van der Waals surface area contributed by atoms with Crippen molar-refractivity contribution < 1.29 is 9.84 Å². The van der Waals surface area contributed by atoms with Crippen molar-refractivity contribution in [1.29, 1.82) is 0 Å². The predicted octanol–water partition coefficient (Wildman–Crippen LogP) is 1.92. The van der Waals surface area contributed by atoms with Gasteiger partial charge in [-0.2, -0.15) is 0 Å². The van der Waals surface area contributed by atoms with Crippen LogP contribution in [0.4, 0.5) is 0 Å². The summed E-state index contributed by atoms with van der Waals surface area (Å²) in [7, 11) is 1.60. The zero-order valence-electron chi connectivity index (χ0n) is 7.66. The highest BCUT2D eigenvalue weighted by Crippen LogP contribution is 2.28. The Morgan fingerprint density at radius 2 is 1.83 bits per heavy atom. The molecular formula is C10H14O2. The minimum atomic E-state index is -0.841. The lowest BCUT2D eigenvalue weighted by atomic mass is 9.97. The molecule has 0 atom stereocenters. The molecule has 2 nitrogen and oxygen atoms in total. The molecule has 0 amide bonds. The van der Waals surface area contributed by atoms with Crippen molar-refractivity contribution in [1.82, 2.24) is 0 Å². The van der Waals surface area contributed by atoms with Crippen molar-refractivity contribution in [2.45, 2.75) is 19.4 Å².